The van der Waals surface area contributed by atoms with Gasteiger partial charge in [-0.25, -0.2) is 0 Å². The van der Waals surface area contributed by atoms with Crippen LogP contribution in [0.25, 0.3) is 0 Å². The van der Waals surface area contributed by atoms with Crippen LogP contribution < -0.4 is 15.4 Å². The number of piperidine rings is 1. The van der Waals surface area contributed by atoms with Gasteiger partial charge in [0.15, 0.2) is 0 Å². The van der Waals surface area contributed by atoms with E-state index in [0.29, 0.717) is 10.6 Å². The molecular weight excluding hydrogens is 402 g/mol. The van der Waals surface area contributed by atoms with Crippen LogP contribution in [0.3, 0.4) is 0 Å². The highest BCUT2D eigenvalue weighted by Crippen LogP contribution is 2.44. The Morgan fingerprint density at radius 3 is 2.70 bits per heavy atom. The fourth-order valence-corrected chi connectivity index (χ4v) is 4.41. The van der Waals surface area contributed by atoms with Gasteiger partial charge in [0.2, 0.25) is 5.91 Å². The van der Waals surface area contributed by atoms with Crippen molar-refractivity contribution in [3.63, 3.8) is 0 Å². The van der Waals surface area contributed by atoms with E-state index in [4.69, 9.17) is 16.3 Å². The molecule has 6 nitrogen and oxygen atoms in total. The van der Waals surface area contributed by atoms with Crippen molar-refractivity contribution >= 4 is 23.4 Å². The number of carbonyl (C=O) groups is 2. The van der Waals surface area contributed by atoms with Gasteiger partial charge in [0.25, 0.3) is 5.91 Å². The molecule has 0 aliphatic carbocycles. The van der Waals surface area contributed by atoms with E-state index in [0.717, 1.165) is 43.7 Å². The lowest BCUT2D eigenvalue weighted by Gasteiger charge is -2.46. The number of ether oxygens (including phenoxy) is 1. The summed E-state index contributed by atoms with van der Waals surface area (Å²) < 4.78 is 6.43. The van der Waals surface area contributed by atoms with E-state index in [2.05, 4.69) is 22.6 Å². The molecule has 1 saturated heterocycles. The highest BCUT2D eigenvalue weighted by molar-refractivity contribution is 6.30. The molecule has 2 aliphatic rings. The van der Waals surface area contributed by atoms with Crippen molar-refractivity contribution in [2.24, 2.45) is 0 Å². The minimum atomic E-state index is -0.327. The number of benzene rings is 2. The molecule has 0 radical (unpaired) electrons. The van der Waals surface area contributed by atoms with Crippen LogP contribution in [-0.2, 0) is 4.79 Å². The van der Waals surface area contributed by atoms with E-state index in [9.17, 15) is 9.59 Å². The molecule has 158 valence electrons. The van der Waals surface area contributed by atoms with Crippen LogP contribution >= 0.6 is 11.6 Å². The predicted molar refractivity (Wildman–Crippen MR) is 116 cm³/mol. The molecule has 1 unspecified atom stereocenters. The van der Waals surface area contributed by atoms with Crippen molar-refractivity contribution in [3.8, 4) is 5.75 Å². The summed E-state index contributed by atoms with van der Waals surface area (Å²) in [6, 6.07) is 14.4. The fourth-order valence-electron chi connectivity index (χ4n) is 4.22. The second-order valence-corrected chi connectivity index (χ2v) is 8.58. The molecule has 0 aromatic heterocycles. The van der Waals surface area contributed by atoms with Crippen LogP contribution in [0.2, 0.25) is 5.02 Å². The Bertz CT molecular complexity index is 941. The normalized spacial score (nSPS) is 20.1. The van der Waals surface area contributed by atoms with Gasteiger partial charge >= 0.3 is 0 Å². The monoisotopic (exact) mass is 427 g/mol. The summed E-state index contributed by atoms with van der Waals surface area (Å²) in [4.78, 5) is 27.2. The number of hydrogen-bond acceptors (Lipinski definition) is 4. The van der Waals surface area contributed by atoms with Gasteiger partial charge in [0.1, 0.15) is 11.4 Å². The summed E-state index contributed by atoms with van der Waals surface area (Å²) in [7, 11) is 2.12. The number of amides is 2. The molecule has 2 heterocycles. The molecule has 1 atom stereocenters. The molecule has 2 aromatic rings. The van der Waals surface area contributed by atoms with Gasteiger partial charge in [-0.15, -0.1) is 0 Å². The molecule has 2 aliphatic heterocycles. The number of rotatable bonds is 4. The molecule has 0 saturated carbocycles. The summed E-state index contributed by atoms with van der Waals surface area (Å²) >= 11 is 5.93. The Kier molecular flexibility index (Phi) is 5.97. The first-order valence-electron chi connectivity index (χ1n) is 10.2. The zero-order chi connectivity index (χ0) is 21.1. The van der Waals surface area contributed by atoms with Gasteiger partial charge in [-0.3, -0.25) is 9.59 Å². The van der Waals surface area contributed by atoms with Crippen LogP contribution in [0.15, 0.2) is 48.5 Å². The van der Waals surface area contributed by atoms with Crippen LogP contribution in [0.1, 0.15) is 41.2 Å². The predicted octanol–water partition coefficient (Wildman–Crippen LogP) is 3.17. The maximum atomic E-state index is 12.6. The van der Waals surface area contributed by atoms with E-state index < -0.39 is 0 Å². The first-order valence-corrected chi connectivity index (χ1v) is 10.6. The largest absolute Gasteiger partial charge is 0.487 e. The fraction of sp³-hybridized carbons (Fsp3) is 0.391. The Balaban J connectivity index is 1.42. The third-order valence-corrected chi connectivity index (χ3v) is 6.16. The third-order valence-electron chi connectivity index (χ3n) is 5.93. The average molecular weight is 428 g/mol. The van der Waals surface area contributed by atoms with Gasteiger partial charge in [-0.2, -0.15) is 0 Å². The lowest BCUT2D eigenvalue weighted by atomic mass is 9.80. The number of nitrogens with one attached hydrogen (secondary N) is 2. The molecular formula is C23H26ClN3O3. The van der Waals surface area contributed by atoms with Crippen molar-refractivity contribution < 1.29 is 14.3 Å². The molecule has 7 heteroatoms. The summed E-state index contributed by atoms with van der Waals surface area (Å²) in [5.41, 5.74) is 1.15. The number of nitrogens with zero attached hydrogens (tertiary/aromatic N) is 1. The van der Waals surface area contributed by atoms with Crippen LogP contribution in [0.5, 0.6) is 5.75 Å². The summed E-state index contributed by atoms with van der Waals surface area (Å²) in [5, 5.41) is 6.25. The Labute approximate surface area is 181 Å². The van der Waals surface area contributed by atoms with Crippen molar-refractivity contribution in [1.82, 2.24) is 15.5 Å². The number of hydrogen-bond donors (Lipinski definition) is 2. The van der Waals surface area contributed by atoms with Gasteiger partial charge in [-0.1, -0.05) is 35.9 Å². The third kappa shape index (κ3) is 4.60. The van der Waals surface area contributed by atoms with Crippen LogP contribution in [0, 0.1) is 0 Å². The number of fused-ring (bicyclic) bond motifs is 1. The van der Waals surface area contributed by atoms with Gasteiger partial charge in [-0.05, 0) is 44.2 Å². The second-order valence-electron chi connectivity index (χ2n) is 8.14. The summed E-state index contributed by atoms with van der Waals surface area (Å²) in [5.74, 6) is 0.281. The van der Waals surface area contributed by atoms with Gasteiger partial charge < -0.3 is 20.3 Å². The smallest absolute Gasteiger partial charge is 0.251 e. The molecule has 4 rings (SSSR count). The van der Waals surface area contributed by atoms with Gasteiger partial charge in [0, 0.05) is 35.7 Å². The van der Waals surface area contributed by atoms with Crippen molar-refractivity contribution in [2.45, 2.75) is 30.9 Å². The highest BCUT2D eigenvalue weighted by Gasteiger charge is 2.43. The maximum absolute atomic E-state index is 12.6. The van der Waals surface area contributed by atoms with Crippen molar-refractivity contribution in [3.05, 3.63) is 64.7 Å². The minimum Gasteiger partial charge on any atom is -0.487 e. The zero-order valence-corrected chi connectivity index (χ0v) is 17.7. The molecule has 0 bridgehead atoms. The maximum Gasteiger partial charge on any atom is 0.251 e. The topological polar surface area (TPSA) is 70.7 Å². The molecule has 2 amide bonds. The van der Waals surface area contributed by atoms with Crippen molar-refractivity contribution in [2.75, 3.05) is 26.7 Å². The lowest BCUT2D eigenvalue weighted by molar-refractivity contribution is -0.121. The quantitative estimate of drug-likeness (QED) is 0.786. The van der Waals surface area contributed by atoms with E-state index >= 15 is 0 Å². The average Bonchev–Trinajstić information content (AvgIpc) is 2.74. The molecule has 1 fully saturated rings. The Morgan fingerprint density at radius 2 is 1.93 bits per heavy atom. The van der Waals surface area contributed by atoms with E-state index in [1.807, 2.05) is 24.3 Å². The van der Waals surface area contributed by atoms with Crippen LogP contribution in [0.4, 0.5) is 0 Å². The van der Waals surface area contributed by atoms with E-state index in [-0.39, 0.29) is 30.0 Å². The molecule has 2 aromatic carbocycles. The molecule has 30 heavy (non-hydrogen) atoms. The minimum absolute atomic E-state index is 0.0966. The standard InChI is InChI=1S/C23H26ClN3O3/c1-27-11-9-23(10-12-27)14-19(18-7-2-3-8-20(18)30-23)26-21(28)15-25-22(29)16-5-4-6-17(24)13-16/h2-8,13,19H,9-12,14-15H2,1H3,(H,25,29)(H,26,28). The lowest BCUT2D eigenvalue weighted by Crippen LogP contribution is -2.52. The second kappa shape index (κ2) is 8.66. The van der Waals surface area contributed by atoms with Crippen LogP contribution in [-0.4, -0.2) is 49.0 Å². The Hall–Kier alpha value is -2.57. The summed E-state index contributed by atoms with van der Waals surface area (Å²) in [6.07, 6.45) is 2.58. The van der Waals surface area contributed by atoms with Crippen molar-refractivity contribution in [1.29, 1.82) is 0 Å². The number of likely N-dealkylation sites (tertiary alicyclic amines) is 1. The Morgan fingerprint density at radius 1 is 1.17 bits per heavy atom. The first-order chi connectivity index (χ1) is 14.4. The zero-order valence-electron chi connectivity index (χ0n) is 17.0. The summed E-state index contributed by atoms with van der Waals surface area (Å²) in [6.45, 7) is 1.84. The number of para-hydroxylation sites is 1. The SMILES string of the molecule is CN1CCC2(CC1)CC(NC(=O)CNC(=O)c1cccc(Cl)c1)c1ccccc1O2. The van der Waals surface area contributed by atoms with E-state index in [1.54, 1.807) is 24.3 Å². The first kappa shape index (κ1) is 20.7. The molecule has 1 spiro atoms. The van der Waals surface area contributed by atoms with Gasteiger partial charge in [0.05, 0.1) is 12.6 Å². The van der Waals surface area contributed by atoms with E-state index in [1.165, 1.54) is 0 Å². The molecule has 2 N–H and O–H groups in total. The number of halogens is 1. The number of carbonyl (C=O) groups excluding carboxylic acids is 2. The highest BCUT2D eigenvalue weighted by atomic mass is 35.5.